The molecule has 0 bridgehead atoms. The van der Waals surface area contributed by atoms with E-state index in [4.69, 9.17) is 9.47 Å². The van der Waals surface area contributed by atoms with E-state index in [0.717, 1.165) is 57.8 Å². The predicted octanol–water partition coefficient (Wildman–Crippen LogP) is 10.5. The molecule has 2 saturated carbocycles. The normalized spacial score (nSPS) is 25.0. The number of hydrogen-bond donors (Lipinski definition) is 4. The zero-order chi connectivity index (χ0) is 45.3. The van der Waals surface area contributed by atoms with Gasteiger partial charge in [-0.25, -0.2) is 0 Å². The molecule has 8 heteroatoms. The minimum absolute atomic E-state index is 0.0417. The van der Waals surface area contributed by atoms with Crippen molar-refractivity contribution >= 4 is 11.9 Å². The first kappa shape index (κ1) is 52.5. The van der Waals surface area contributed by atoms with Crippen molar-refractivity contribution in [2.24, 2.45) is 35.5 Å². The number of ether oxygens (including phenoxy) is 2. The third kappa shape index (κ3) is 21.0. The summed E-state index contributed by atoms with van der Waals surface area (Å²) in [6, 6.07) is 20.7. The van der Waals surface area contributed by atoms with Gasteiger partial charge < -0.3 is 29.9 Å². The number of carbonyl (C=O) groups is 2. The van der Waals surface area contributed by atoms with Crippen LogP contribution in [0.2, 0.25) is 0 Å². The summed E-state index contributed by atoms with van der Waals surface area (Å²) in [6.07, 6.45) is 25.2. The van der Waals surface area contributed by atoms with Crippen molar-refractivity contribution in [3.05, 3.63) is 120 Å². The number of unbranched alkanes of at least 4 members (excludes halogenated alkanes) is 2. The maximum absolute atomic E-state index is 11.6. The van der Waals surface area contributed by atoms with E-state index in [1.54, 1.807) is 6.08 Å². The number of esters is 2. The fraction of sp³-hybridized carbons (Fsp3) is 0.593. The molecule has 2 aromatic rings. The van der Waals surface area contributed by atoms with Crippen LogP contribution >= 0.6 is 0 Å². The predicted molar refractivity (Wildman–Crippen MR) is 251 cm³/mol. The molecule has 0 aromatic heterocycles. The van der Waals surface area contributed by atoms with Crippen LogP contribution in [0.3, 0.4) is 0 Å². The molecule has 6 unspecified atom stereocenters. The molecule has 0 amide bonds. The Morgan fingerprint density at radius 1 is 0.629 bits per heavy atom. The number of carbonyl (C=O) groups excluding carboxylic acids is 2. The van der Waals surface area contributed by atoms with Crippen molar-refractivity contribution in [2.75, 3.05) is 0 Å². The molecular weight excluding hydrogens is 777 g/mol. The SMILES string of the molecule is CC(/C=C/[C@H]1C(C)C[C@H](O)C1C/C=C\CCCC(=O)OC(C)C)CCc1ccccc1.CC(C)OC(=O)CCC/C=C\CC1[C@@H](/C=C/C(O)CCc2ccccc2)C(O)C[C@@H]1O. The first-order chi connectivity index (χ1) is 29.7. The highest BCUT2D eigenvalue weighted by Crippen LogP contribution is 2.41. The zero-order valence-corrected chi connectivity index (χ0v) is 38.6. The summed E-state index contributed by atoms with van der Waals surface area (Å²) in [5.41, 5.74) is 2.58. The Morgan fingerprint density at radius 3 is 1.61 bits per heavy atom. The zero-order valence-electron chi connectivity index (χ0n) is 38.6. The number of aliphatic hydroxyl groups excluding tert-OH is 4. The van der Waals surface area contributed by atoms with E-state index in [1.807, 2.05) is 76.3 Å². The van der Waals surface area contributed by atoms with Gasteiger partial charge in [0.1, 0.15) is 0 Å². The van der Waals surface area contributed by atoms with E-state index in [-0.39, 0.29) is 48.0 Å². The summed E-state index contributed by atoms with van der Waals surface area (Å²) in [5.74, 6) is 1.23. The van der Waals surface area contributed by atoms with E-state index in [0.29, 0.717) is 49.9 Å². The van der Waals surface area contributed by atoms with E-state index >= 15 is 0 Å². The summed E-state index contributed by atoms with van der Waals surface area (Å²) in [5, 5.41) is 41.6. The second-order valence-electron chi connectivity index (χ2n) is 18.3. The van der Waals surface area contributed by atoms with Crippen LogP contribution in [-0.4, -0.2) is 69.0 Å². The van der Waals surface area contributed by atoms with Crippen LogP contribution < -0.4 is 0 Å². The van der Waals surface area contributed by atoms with Crippen LogP contribution in [0.15, 0.2) is 109 Å². The lowest BCUT2D eigenvalue weighted by Crippen LogP contribution is -2.20. The number of allylic oxidation sites excluding steroid dienone is 6. The largest absolute Gasteiger partial charge is 0.463 e. The molecule has 0 aliphatic heterocycles. The lowest BCUT2D eigenvalue weighted by molar-refractivity contribution is -0.148. The third-order valence-electron chi connectivity index (χ3n) is 12.1. The first-order valence-electron chi connectivity index (χ1n) is 23.6. The Hall–Kier alpha value is -3.82. The molecule has 2 aromatic carbocycles. The Balaban J connectivity index is 0.000000330. The summed E-state index contributed by atoms with van der Waals surface area (Å²) >= 11 is 0. The highest BCUT2D eigenvalue weighted by molar-refractivity contribution is 5.69. The van der Waals surface area contributed by atoms with Gasteiger partial charge in [-0.15, -0.1) is 0 Å². The fourth-order valence-electron chi connectivity index (χ4n) is 8.62. The van der Waals surface area contributed by atoms with Crippen LogP contribution in [0.25, 0.3) is 0 Å². The monoisotopic (exact) mass is 857 g/mol. The maximum Gasteiger partial charge on any atom is 0.306 e. The van der Waals surface area contributed by atoms with Gasteiger partial charge in [0.15, 0.2) is 0 Å². The molecule has 10 atom stereocenters. The van der Waals surface area contributed by atoms with Crippen molar-refractivity contribution in [1.82, 2.24) is 0 Å². The van der Waals surface area contributed by atoms with Gasteiger partial charge in [-0.3, -0.25) is 9.59 Å². The summed E-state index contributed by atoms with van der Waals surface area (Å²) < 4.78 is 10.3. The van der Waals surface area contributed by atoms with Gasteiger partial charge in [0.05, 0.1) is 36.6 Å². The topological polar surface area (TPSA) is 134 Å². The highest BCUT2D eigenvalue weighted by atomic mass is 16.5. The van der Waals surface area contributed by atoms with Crippen molar-refractivity contribution in [2.45, 2.75) is 168 Å². The molecule has 0 saturated heterocycles. The molecule has 4 N–H and O–H groups in total. The van der Waals surface area contributed by atoms with Crippen LogP contribution in [0, 0.1) is 35.5 Å². The molecule has 2 aliphatic rings. The van der Waals surface area contributed by atoms with Crippen LogP contribution in [0.1, 0.15) is 130 Å². The number of aryl methyl sites for hydroxylation is 2. The van der Waals surface area contributed by atoms with Gasteiger partial charge in [0, 0.05) is 25.2 Å². The minimum Gasteiger partial charge on any atom is -0.463 e. The fourth-order valence-corrected chi connectivity index (χ4v) is 8.62. The number of benzene rings is 2. The summed E-state index contributed by atoms with van der Waals surface area (Å²) in [7, 11) is 0. The van der Waals surface area contributed by atoms with Crippen LogP contribution in [0.4, 0.5) is 0 Å². The van der Waals surface area contributed by atoms with Crippen molar-refractivity contribution in [3.63, 3.8) is 0 Å². The number of hydrogen-bond acceptors (Lipinski definition) is 8. The smallest absolute Gasteiger partial charge is 0.306 e. The minimum atomic E-state index is -0.600. The molecule has 344 valence electrons. The Morgan fingerprint density at radius 2 is 1.10 bits per heavy atom. The molecule has 0 heterocycles. The maximum atomic E-state index is 11.6. The quantitative estimate of drug-likeness (QED) is 0.0466. The molecule has 2 fully saturated rings. The average molecular weight is 857 g/mol. The second kappa shape index (κ2) is 29.5. The van der Waals surface area contributed by atoms with E-state index in [2.05, 4.69) is 68.5 Å². The number of rotatable bonds is 24. The molecular formula is C54H80O8. The Labute approximate surface area is 374 Å². The lowest BCUT2D eigenvalue weighted by atomic mass is 9.86. The van der Waals surface area contributed by atoms with Gasteiger partial charge in [0.2, 0.25) is 0 Å². The average Bonchev–Trinajstić information content (AvgIpc) is 3.66. The third-order valence-corrected chi connectivity index (χ3v) is 12.1. The standard InChI is InChI=1S/C28H42O3.C26H38O5/c1-21(2)31-28(30)15-11-6-5-10-14-26-25(23(4)20-27(26)29)19-17-22(3)16-18-24-12-8-7-9-13-24;1-19(2)31-26(30)13-9-4-3-8-12-22-23(25(29)18-24(22)28)17-16-21(27)15-14-20-10-6-5-7-11-20/h5,7-10,12-13,17,19,21-23,25-27,29H,6,11,14-16,18,20H2,1-4H3;3,5-8,10-11,16-17,19,21-25,27-29H,4,9,12-15,18H2,1-2H3/b10-5-,19-17+;8-3-,17-16+/t22?,23?,25-,26?,27-;21?,22?,23-,24+,25?/m01/s1. The van der Waals surface area contributed by atoms with Crippen LogP contribution in [-0.2, 0) is 31.9 Å². The second-order valence-corrected chi connectivity index (χ2v) is 18.3. The van der Waals surface area contributed by atoms with Gasteiger partial charge in [0.25, 0.3) is 0 Å². The van der Waals surface area contributed by atoms with E-state index in [9.17, 15) is 30.0 Å². The van der Waals surface area contributed by atoms with Gasteiger partial charge in [-0.1, -0.05) is 123 Å². The molecule has 4 rings (SSSR count). The molecule has 8 nitrogen and oxygen atoms in total. The van der Waals surface area contributed by atoms with Gasteiger partial charge >= 0.3 is 11.9 Å². The van der Waals surface area contributed by atoms with Crippen molar-refractivity contribution in [1.29, 1.82) is 0 Å². The lowest BCUT2D eigenvalue weighted by Gasteiger charge is -2.20. The van der Waals surface area contributed by atoms with Crippen molar-refractivity contribution in [3.8, 4) is 0 Å². The first-order valence-corrected chi connectivity index (χ1v) is 23.6. The summed E-state index contributed by atoms with van der Waals surface area (Å²) in [4.78, 5) is 23.1. The number of aliphatic hydroxyl groups is 4. The molecule has 0 radical (unpaired) electrons. The van der Waals surface area contributed by atoms with E-state index < -0.39 is 18.3 Å². The van der Waals surface area contributed by atoms with E-state index in [1.165, 1.54) is 11.1 Å². The van der Waals surface area contributed by atoms with Gasteiger partial charge in [-0.2, -0.15) is 0 Å². The molecule has 0 spiro atoms. The molecule has 62 heavy (non-hydrogen) atoms. The van der Waals surface area contributed by atoms with Crippen LogP contribution in [0.5, 0.6) is 0 Å². The summed E-state index contributed by atoms with van der Waals surface area (Å²) in [6.45, 7) is 12.0. The van der Waals surface area contributed by atoms with Crippen molar-refractivity contribution < 1.29 is 39.5 Å². The molecule has 2 aliphatic carbocycles. The highest BCUT2D eigenvalue weighted by Gasteiger charge is 2.39. The Kier molecular flexibility index (Phi) is 25.0. The van der Waals surface area contributed by atoms with Gasteiger partial charge in [-0.05, 0) is 139 Å². The Bertz CT molecular complexity index is 1510.